The van der Waals surface area contributed by atoms with Crippen LogP contribution in [-0.4, -0.2) is 33.6 Å². The maximum Gasteiger partial charge on any atom is 0.270 e. The van der Waals surface area contributed by atoms with E-state index in [0.29, 0.717) is 16.5 Å². The predicted octanol–water partition coefficient (Wildman–Crippen LogP) is 3.88. The van der Waals surface area contributed by atoms with Gasteiger partial charge in [-0.05, 0) is 38.1 Å². The van der Waals surface area contributed by atoms with Crippen LogP contribution in [-0.2, 0) is 0 Å². The summed E-state index contributed by atoms with van der Waals surface area (Å²) in [4.78, 5) is 21.7. The second kappa shape index (κ2) is 8.29. The van der Waals surface area contributed by atoms with Crippen LogP contribution in [0.1, 0.15) is 23.0 Å². The van der Waals surface area contributed by atoms with E-state index in [-0.39, 0.29) is 24.2 Å². The number of aliphatic hydroxyl groups excluding tert-OH is 1. The molecule has 3 aromatic rings. The number of aromatic nitrogens is 2. The fourth-order valence-electron chi connectivity index (χ4n) is 2.59. The number of rotatable bonds is 5. The molecule has 0 aliphatic carbocycles. The van der Waals surface area contributed by atoms with E-state index in [1.165, 1.54) is 0 Å². The Kier molecular flexibility index (Phi) is 5.84. The number of carbonyl (C=O) groups excluding carboxylic acids is 1. The van der Waals surface area contributed by atoms with E-state index < -0.39 is 0 Å². The number of nitrogens with one attached hydrogen (secondary N) is 1. The molecule has 1 atom stereocenters. The predicted molar refractivity (Wildman–Crippen MR) is 107 cm³/mol. The van der Waals surface area contributed by atoms with Crippen molar-refractivity contribution in [2.45, 2.75) is 19.9 Å². The first kappa shape index (κ1) is 19.0. The summed E-state index contributed by atoms with van der Waals surface area (Å²) < 4.78 is 0. The zero-order valence-corrected chi connectivity index (χ0v) is 15.9. The highest BCUT2D eigenvalue weighted by Crippen LogP contribution is 2.24. The average Bonchev–Trinajstić information content (AvgIpc) is 2.68. The fraction of sp³-hybridized carbons (Fsp3) is 0.190. The number of amides is 1. The van der Waals surface area contributed by atoms with Crippen LogP contribution in [0.4, 0.5) is 0 Å². The lowest BCUT2D eigenvalue weighted by Crippen LogP contribution is -2.35. The van der Waals surface area contributed by atoms with Crippen molar-refractivity contribution in [1.29, 1.82) is 0 Å². The molecule has 0 bridgehead atoms. The third-order valence-corrected chi connectivity index (χ3v) is 4.28. The molecule has 2 N–H and O–H groups in total. The van der Waals surface area contributed by atoms with E-state index in [0.717, 1.165) is 16.7 Å². The molecule has 0 spiro atoms. The number of benzene rings is 2. The molecule has 0 fully saturated rings. The van der Waals surface area contributed by atoms with Gasteiger partial charge in [0, 0.05) is 22.2 Å². The molecule has 0 radical (unpaired) electrons. The first-order valence-electron chi connectivity index (χ1n) is 8.60. The highest BCUT2D eigenvalue weighted by atomic mass is 35.5. The largest absolute Gasteiger partial charge is 0.394 e. The number of nitrogens with zero attached hydrogens (tertiary/aromatic N) is 2. The molecule has 1 heterocycles. The molecule has 0 aliphatic heterocycles. The molecule has 138 valence electrons. The van der Waals surface area contributed by atoms with E-state index in [4.69, 9.17) is 11.6 Å². The number of aliphatic hydroxyl groups is 1. The van der Waals surface area contributed by atoms with Crippen LogP contribution in [0.3, 0.4) is 0 Å². The Hall–Kier alpha value is -2.76. The summed E-state index contributed by atoms with van der Waals surface area (Å²) in [6.07, 6.45) is 0. The Morgan fingerprint density at radius 1 is 1.11 bits per heavy atom. The summed E-state index contributed by atoms with van der Waals surface area (Å²) in [5.41, 5.74) is 3.61. The number of hydrogen-bond donors (Lipinski definition) is 2. The molecule has 1 amide bonds. The fourth-order valence-corrected chi connectivity index (χ4v) is 2.71. The van der Waals surface area contributed by atoms with Crippen LogP contribution < -0.4 is 5.32 Å². The van der Waals surface area contributed by atoms with Gasteiger partial charge in [0.2, 0.25) is 0 Å². The monoisotopic (exact) mass is 381 g/mol. The minimum Gasteiger partial charge on any atom is -0.394 e. The van der Waals surface area contributed by atoms with Gasteiger partial charge in [-0.15, -0.1) is 0 Å². The van der Waals surface area contributed by atoms with Crippen molar-refractivity contribution in [1.82, 2.24) is 15.3 Å². The van der Waals surface area contributed by atoms with Gasteiger partial charge >= 0.3 is 0 Å². The normalized spacial score (nSPS) is 11.9. The maximum absolute atomic E-state index is 12.6. The van der Waals surface area contributed by atoms with Crippen molar-refractivity contribution in [3.05, 3.63) is 70.9 Å². The third-order valence-electron chi connectivity index (χ3n) is 4.03. The van der Waals surface area contributed by atoms with Crippen LogP contribution in [0, 0.1) is 6.92 Å². The van der Waals surface area contributed by atoms with Crippen molar-refractivity contribution in [3.8, 4) is 22.6 Å². The summed E-state index contributed by atoms with van der Waals surface area (Å²) in [5.74, 6) is 0.107. The zero-order chi connectivity index (χ0) is 19.4. The van der Waals surface area contributed by atoms with Crippen LogP contribution >= 0.6 is 11.6 Å². The third kappa shape index (κ3) is 4.70. The van der Waals surface area contributed by atoms with Gasteiger partial charge in [-0.2, -0.15) is 0 Å². The number of hydrogen-bond acceptors (Lipinski definition) is 4. The van der Waals surface area contributed by atoms with Gasteiger partial charge in [0.05, 0.1) is 12.3 Å². The first-order valence-corrected chi connectivity index (χ1v) is 8.98. The zero-order valence-electron chi connectivity index (χ0n) is 15.1. The lowest BCUT2D eigenvalue weighted by molar-refractivity contribution is 0.0917. The van der Waals surface area contributed by atoms with Gasteiger partial charge in [0.25, 0.3) is 5.91 Å². The van der Waals surface area contributed by atoms with Crippen LogP contribution in [0.25, 0.3) is 22.6 Å². The van der Waals surface area contributed by atoms with Gasteiger partial charge in [-0.3, -0.25) is 4.79 Å². The number of aryl methyl sites for hydroxylation is 1. The molecule has 6 heteroatoms. The van der Waals surface area contributed by atoms with Crippen LogP contribution in [0.15, 0.2) is 54.6 Å². The summed E-state index contributed by atoms with van der Waals surface area (Å²) in [6.45, 7) is 3.56. The molecule has 3 rings (SSSR count). The molecule has 2 aromatic carbocycles. The van der Waals surface area contributed by atoms with Gasteiger partial charge in [0.1, 0.15) is 5.69 Å². The van der Waals surface area contributed by atoms with Crippen molar-refractivity contribution in [2.24, 2.45) is 0 Å². The summed E-state index contributed by atoms with van der Waals surface area (Å²) >= 11 is 5.98. The Bertz CT molecular complexity index is 958. The molecule has 1 aromatic heterocycles. The second-order valence-corrected chi connectivity index (χ2v) is 6.83. The standard InChI is InChI=1S/C21H20ClN3O2/c1-13-4-3-5-16(10-13)20-24-18(15-6-8-17(22)9-7-15)11-19(25-20)21(27)23-14(2)12-26/h3-11,14,26H,12H2,1-2H3,(H,23,27)/t14-/m0/s1. The molecular formula is C21H20ClN3O2. The van der Waals surface area contributed by atoms with Gasteiger partial charge < -0.3 is 10.4 Å². The van der Waals surface area contributed by atoms with Crippen LogP contribution in [0.2, 0.25) is 5.02 Å². The maximum atomic E-state index is 12.6. The van der Waals surface area contributed by atoms with E-state index in [9.17, 15) is 9.90 Å². The van der Waals surface area contributed by atoms with Gasteiger partial charge in [0.15, 0.2) is 5.82 Å². The summed E-state index contributed by atoms with van der Waals surface area (Å²) in [5, 5.41) is 12.5. The van der Waals surface area contributed by atoms with E-state index in [1.54, 1.807) is 25.1 Å². The first-order chi connectivity index (χ1) is 13.0. The Labute approximate surface area is 163 Å². The minimum atomic E-state index is -0.367. The lowest BCUT2D eigenvalue weighted by atomic mass is 10.1. The number of halogens is 1. The molecule has 0 aliphatic rings. The SMILES string of the molecule is Cc1cccc(-c2nc(C(=O)N[C@@H](C)CO)cc(-c3ccc(Cl)cc3)n2)c1. The van der Waals surface area contributed by atoms with E-state index >= 15 is 0 Å². The highest BCUT2D eigenvalue weighted by molar-refractivity contribution is 6.30. The topological polar surface area (TPSA) is 75.1 Å². The Morgan fingerprint density at radius 2 is 1.85 bits per heavy atom. The Morgan fingerprint density at radius 3 is 2.52 bits per heavy atom. The van der Waals surface area contributed by atoms with Crippen molar-refractivity contribution >= 4 is 17.5 Å². The quantitative estimate of drug-likeness (QED) is 0.703. The lowest BCUT2D eigenvalue weighted by Gasteiger charge is -2.12. The molecular weight excluding hydrogens is 362 g/mol. The van der Waals surface area contributed by atoms with Gasteiger partial charge in [-0.25, -0.2) is 9.97 Å². The smallest absolute Gasteiger partial charge is 0.270 e. The molecule has 5 nitrogen and oxygen atoms in total. The minimum absolute atomic E-state index is 0.147. The van der Waals surface area contributed by atoms with Crippen molar-refractivity contribution in [2.75, 3.05) is 6.61 Å². The average molecular weight is 382 g/mol. The summed E-state index contributed by atoms with van der Waals surface area (Å²) in [6, 6.07) is 16.3. The molecule has 0 unspecified atom stereocenters. The van der Waals surface area contributed by atoms with E-state index in [2.05, 4.69) is 15.3 Å². The van der Waals surface area contributed by atoms with Crippen molar-refractivity contribution in [3.63, 3.8) is 0 Å². The molecule has 0 saturated heterocycles. The second-order valence-electron chi connectivity index (χ2n) is 6.40. The highest BCUT2D eigenvalue weighted by Gasteiger charge is 2.16. The van der Waals surface area contributed by atoms with Crippen molar-refractivity contribution < 1.29 is 9.90 Å². The van der Waals surface area contributed by atoms with Crippen LogP contribution in [0.5, 0.6) is 0 Å². The van der Waals surface area contributed by atoms with E-state index in [1.807, 2.05) is 43.3 Å². The molecule has 27 heavy (non-hydrogen) atoms. The number of carbonyl (C=O) groups is 1. The molecule has 0 saturated carbocycles. The Balaban J connectivity index is 2.10. The van der Waals surface area contributed by atoms with Gasteiger partial charge in [-0.1, -0.05) is 47.5 Å². The summed E-state index contributed by atoms with van der Waals surface area (Å²) in [7, 11) is 0.